The number of nitro groups is 1. The number of nitro benzene ring substituents is 1. The lowest BCUT2D eigenvalue weighted by atomic mass is 9.88. The summed E-state index contributed by atoms with van der Waals surface area (Å²) in [6, 6.07) is 2.83. The van der Waals surface area contributed by atoms with E-state index in [0.29, 0.717) is 12.8 Å². The molecule has 0 radical (unpaired) electrons. The lowest BCUT2D eigenvalue weighted by Gasteiger charge is -2.21. The van der Waals surface area contributed by atoms with Crippen LogP contribution < -0.4 is 14.8 Å². The number of carboxylic acid groups (broad SMARTS) is 1. The van der Waals surface area contributed by atoms with Crippen LogP contribution in [0, 0.1) is 15.5 Å². The largest absolute Gasteiger partial charge is 0.490 e. The minimum absolute atomic E-state index is 0.00139. The zero-order valence-electron chi connectivity index (χ0n) is 15.3. The van der Waals surface area contributed by atoms with E-state index in [1.54, 1.807) is 0 Å². The van der Waals surface area contributed by atoms with Crippen LogP contribution in [-0.2, 0) is 9.59 Å². The number of carbonyl (C=O) groups excluding carboxylic acids is 1. The molecule has 1 aromatic rings. The molecule has 0 heterocycles. The highest BCUT2D eigenvalue weighted by Crippen LogP contribution is 2.30. The molecule has 2 N–H and O–H groups in total. The number of methoxy groups -OCH3 is 1. The van der Waals surface area contributed by atoms with Crippen LogP contribution in [0.2, 0.25) is 0 Å². The van der Waals surface area contributed by atoms with Gasteiger partial charge in [-0.25, -0.2) is 4.79 Å². The van der Waals surface area contributed by atoms with E-state index in [1.807, 2.05) is 20.8 Å². The van der Waals surface area contributed by atoms with Crippen molar-refractivity contribution in [1.29, 1.82) is 0 Å². The summed E-state index contributed by atoms with van der Waals surface area (Å²) in [4.78, 5) is 33.5. The van der Waals surface area contributed by atoms with Crippen LogP contribution in [0.4, 0.5) is 5.69 Å². The number of carbonyl (C=O) groups is 2. The van der Waals surface area contributed by atoms with Gasteiger partial charge in [-0.15, -0.1) is 0 Å². The molecule has 1 aromatic carbocycles. The van der Waals surface area contributed by atoms with E-state index < -0.39 is 29.4 Å². The number of hydrogen-bond donors (Lipinski definition) is 2. The summed E-state index contributed by atoms with van der Waals surface area (Å²) in [5, 5.41) is 22.5. The molecule has 0 saturated heterocycles. The van der Waals surface area contributed by atoms with Crippen molar-refractivity contribution in [2.45, 2.75) is 39.7 Å². The number of nitrogens with one attached hydrogen (secondary N) is 1. The molecule has 0 aliphatic heterocycles. The number of nitrogens with zero attached hydrogens (tertiary/aromatic N) is 1. The average Bonchev–Trinajstić information content (AvgIpc) is 2.55. The van der Waals surface area contributed by atoms with Gasteiger partial charge in [0.05, 0.1) is 12.0 Å². The molecule has 1 rings (SSSR count). The first-order valence-electron chi connectivity index (χ1n) is 8.01. The summed E-state index contributed by atoms with van der Waals surface area (Å²) in [5.74, 6) is -1.51. The van der Waals surface area contributed by atoms with Crippen LogP contribution in [0.5, 0.6) is 11.5 Å². The maximum atomic E-state index is 11.9. The third-order valence-electron chi connectivity index (χ3n) is 3.53. The number of carboxylic acids is 1. The summed E-state index contributed by atoms with van der Waals surface area (Å²) in [6.07, 6.45) is 0.931. The number of benzene rings is 1. The average molecular weight is 368 g/mol. The second-order valence-corrected chi connectivity index (χ2v) is 6.94. The molecule has 0 bridgehead atoms. The van der Waals surface area contributed by atoms with Gasteiger partial charge >= 0.3 is 11.7 Å². The SMILES string of the molecule is COc1cc(OCC(=O)NC(CCC(C)(C)C)C(=O)O)ccc1[N+](=O)[O-]. The van der Waals surface area contributed by atoms with Crippen molar-refractivity contribution in [2.24, 2.45) is 5.41 Å². The molecule has 0 aliphatic carbocycles. The smallest absolute Gasteiger partial charge is 0.326 e. The van der Waals surface area contributed by atoms with Crippen LogP contribution in [0.3, 0.4) is 0 Å². The van der Waals surface area contributed by atoms with E-state index in [-0.39, 0.29) is 22.6 Å². The van der Waals surface area contributed by atoms with Gasteiger partial charge in [0.25, 0.3) is 5.91 Å². The number of rotatable bonds is 9. The Balaban J connectivity index is 2.64. The van der Waals surface area contributed by atoms with E-state index in [9.17, 15) is 24.8 Å². The Morgan fingerprint density at radius 3 is 2.50 bits per heavy atom. The molecule has 0 spiro atoms. The number of aliphatic carboxylic acids is 1. The van der Waals surface area contributed by atoms with E-state index in [4.69, 9.17) is 9.47 Å². The highest BCUT2D eigenvalue weighted by Gasteiger charge is 2.23. The molecule has 26 heavy (non-hydrogen) atoms. The van der Waals surface area contributed by atoms with E-state index in [0.717, 1.165) is 0 Å². The van der Waals surface area contributed by atoms with Crippen molar-refractivity contribution < 1.29 is 29.1 Å². The number of amides is 1. The molecule has 1 unspecified atom stereocenters. The minimum atomic E-state index is -1.11. The van der Waals surface area contributed by atoms with Crippen molar-refractivity contribution in [3.05, 3.63) is 28.3 Å². The molecular formula is C17H24N2O7. The predicted molar refractivity (Wildman–Crippen MR) is 93.4 cm³/mol. The van der Waals surface area contributed by atoms with Gasteiger partial charge in [0.15, 0.2) is 6.61 Å². The third-order valence-corrected chi connectivity index (χ3v) is 3.53. The van der Waals surface area contributed by atoms with Crippen molar-refractivity contribution in [3.8, 4) is 11.5 Å². The number of hydrogen-bond acceptors (Lipinski definition) is 6. The predicted octanol–water partition coefficient (Wildman–Crippen LogP) is 2.38. The molecule has 0 aliphatic rings. The van der Waals surface area contributed by atoms with Crippen LogP contribution >= 0.6 is 0 Å². The van der Waals surface area contributed by atoms with Gasteiger partial charge in [0.2, 0.25) is 5.75 Å². The summed E-state index contributed by atoms with van der Waals surface area (Å²) >= 11 is 0. The second-order valence-electron chi connectivity index (χ2n) is 6.94. The molecule has 0 saturated carbocycles. The van der Waals surface area contributed by atoms with Crippen molar-refractivity contribution in [2.75, 3.05) is 13.7 Å². The molecule has 0 fully saturated rings. The maximum absolute atomic E-state index is 11.9. The van der Waals surface area contributed by atoms with Crippen LogP contribution in [-0.4, -0.2) is 41.7 Å². The van der Waals surface area contributed by atoms with Gasteiger partial charge in [0.1, 0.15) is 11.8 Å². The van der Waals surface area contributed by atoms with Crippen LogP contribution in [0.25, 0.3) is 0 Å². The summed E-state index contributed by atoms with van der Waals surface area (Å²) in [5.41, 5.74) is -0.276. The Hall–Kier alpha value is -2.84. The van der Waals surface area contributed by atoms with Crippen LogP contribution in [0.15, 0.2) is 18.2 Å². The summed E-state index contributed by atoms with van der Waals surface area (Å²) in [7, 11) is 1.28. The topological polar surface area (TPSA) is 128 Å². The first-order valence-corrected chi connectivity index (χ1v) is 8.01. The Bertz CT molecular complexity index is 668. The minimum Gasteiger partial charge on any atom is -0.490 e. The number of ether oxygens (including phenoxy) is 2. The maximum Gasteiger partial charge on any atom is 0.326 e. The fraction of sp³-hybridized carbons (Fsp3) is 0.529. The van der Waals surface area contributed by atoms with Crippen molar-refractivity contribution >= 4 is 17.6 Å². The fourth-order valence-electron chi connectivity index (χ4n) is 2.12. The third kappa shape index (κ3) is 6.96. The van der Waals surface area contributed by atoms with Gasteiger partial charge in [-0.1, -0.05) is 20.8 Å². The van der Waals surface area contributed by atoms with E-state index in [1.165, 1.54) is 25.3 Å². The standard InChI is InChI=1S/C17H24N2O7/c1-17(2,3)8-7-12(16(21)22)18-15(20)10-26-11-5-6-13(19(23)24)14(9-11)25-4/h5-6,9,12H,7-8,10H2,1-4H3,(H,18,20)(H,21,22). The zero-order chi connectivity index (χ0) is 19.9. The summed E-state index contributed by atoms with van der Waals surface area (Å²) < 4.78 is 10.2. The molecule has 9 nitrogen and oxygen atoms in total. The van der Waals surface area contributed by atoms with Crippen molar-refractivity contribution in [1.82, 2.24) is 5.32 Å². The lowest BCUT2D eigenvalue weighted by molar-refractivity contribution is -0.385. The lowest BCUT2D eigenvalue weighted by Crippen LogP contribution is -2.43. The highest BCUT2D eigenvalue weighted by molar-refractivity contribution is 5.84. The molecule has 0 aromatic heterocycles. The van der Waals surface area contributed by atoms with E-state index >= 15 is 0 Å². The van der Waals surface area contributed by atoms with Gasteiger partial charge in [-0.05, 0) is 24.3 Å². The first-order chi connectivity index (χ1) is 12.0. The quantitative estimate of drug-likeness (QED) is 0.506. The summed E-state index contributed by atoms with van der Waals surface area (Å²) in [6.45, 7) is 5.54. The first kappa shape index (κ1) is 21.2. The molecular weight excluding hydrogens is 344 g/mol. The second kappa shape index (κ2) is 9.02. The Morgan fingerprint density at radius 1 is 1.35 bits per heavy atom. The Morgan fingerprint density at radius 2 is 2.00 bits per heavy atom. The van der Waals surface area contributed by atoms with Crippen molar-refractivity contribution in [3.63, 3.8) is 0 Å². The van der Waals surface area contributed by atoms with Gasteiger partial charge in [-0.3, -0.25) is 14.9 Å². The molecule has 9 heteroatoms. The monoisotopic (exact) mass is 368 g/mol. The van der Waals surface area contributed by atoms with Crippen LogP contribution in [0.1, 0.15) is 33.6 Å². The zero-order valence-corrected chi connectivity index (χ0v) is 15.3. The van der Waals surface area contributed by atoms with Gasteiger partial charge in [-0.2, -0.15) is 0 Å². The Labute approximate surface area is 151 Å². The Kier molecular flexibility index (Phi) is 7.36. The van der Waals surface area contributed by atoms with E-state index in [2.05, 4.69) is 5.32 Å². The normalized spacial score (nSPS) is 12.2. The highest BCUT2D eigenvalue weighted by atomic mass is 16.6. The van der Waals surface area contributed by atoms with Gasteiger partial charge < -0.3 is 19.9 Å². The molecule has 1 amide bonds. The fourth-order valence-corrected chi connectivity index (χ4v) is 2.12. The molecule has 1 atom stereocenters. The van der Waals surface area contributed by atoms with Gasteiger partial charge in [0, 0.05) is 12.1 Å². The molecule has 144 valence electrons.